The van der Waals surface area contributed by atoms with Crippen LogP contribution in [-0.2, 0) is 9.53 Å². The molecule has 1 saturated heterocycles. The summed E-state index contributed by atoms with van der Waals surface area (Å²) in [6.45, 7) is 6.54. The van der Waals surface area contributed by atoms with Gasteiger partial charge in [-0.1, -0.05) is 0 Å². The fraction of sp³-hybridized carbons (Fsp3) is 0.667. The number of hydrogen-bond donors (Lipinski definition) is 2. The number of aromatic nitrogens is 1. The number of thiazole rings is 1. The Balaban J connectivity index is 2.03. The van der Waals surface area contributed by atoms with Gasteiger partial charge in [0.05, 0.1) is 24.7 Å². The van der Waals surface area contributed by atoms with Gasteiger partial charge in [0.2, 0.25) is 5.91 Å². The van der Waals surface area contributed by atoms with Crippen LogP contribution in [0.25, 0.3) is 0 Å². The smallest absolute Gasteiger partial charge is 0.230 e. The van der Waals surface area contributed by atoms with Gasteiger partial charge < -0.3 is 15.8 Å². The van der Waals surface area contributed by atoms with Gasteiger partial charge in [-0.05, 0) is 20.8 Å². The lowest BCUT2D eigenvalue weighted by Gasteiger charge is -2.27. The van der Waals surface area contributed by atoms with Crippen LogP contribution >= 0.6 is 11.3 Å². The van der Waals surface area contributed by atoms with Gasteiger partial charge in [-0.2, -0.15) is 0 Å². The van der Waals surface area contributed by atoms with Crippen molar-refractivity contribution in [3.63, 3.8) is 0 Å². The van der Waals surface area contributed by atoms with Gasteiger partial charge in [-0.15, -0.1) is 11.3 Å². The Morgan fingerprint density at radius 2 is 2.50 bits per heavy atom. The second-order valence-corrected chi connectivity index (χ2v) is 5.95. The molecule has 0 saturated carbocycles. The first kappa shape index (κ1) is 13.5. The van der Waals surface area contributed by atoms with E-state index in [-0.39, 0.29) is 18.0 Å². The zero-order valence-corrected chi connectivity index (χ0v) is 11.7. The van der Waals surface area contributed by atoms with Gasteiger partial charge in [-0.3, -0.25) is 4.79 Å². The van der Waals surface area contributed by atoms with Crippen LogP contribution in [0.15, 0.2) is 5.38 Å². The number of rotatable bonds is 3. The summed E-state index contributed by atoms with van der Waals surface area (Å²) in [5.74, 6) is -0.0622. The van der Waals surface area contributed by atoms with Gasteiger partial charge in [0.25, 0.3) is 0 Å². The SMILES string of the molecule is Cc1csc(C(C)NC(=O)C2(C)COCC2N)n1. The fourth-order valence-corrected chi connectivity index (χ4v) is 2.72. The predicted octanol–water partition coefficient (Wildman–Crippen LogP) is 0.993. The van der Waals surface area contributed by atoms with E-state index in [0.29, 0.717) is 13.2 Å². The van der Waals surface area contributed by atoms with Crippen LogP contribution < -0.4 is 11.1 Å². The van der Waals surface area contributed by atoms with E-state index in [4.69, 9.17) is 10.5 Å². The maximum absolute atomic E-state index is 12.3. The molecule has 2 heterocycles. The van der Waals surface area contributed by atoms with Crippen molar-refractivity contribution < 1.29 is 9.53 Å². The molecule has 0 aliphatic carbocycles. The average Bonchev–Trinajstić information content (AvgIpc) is 2.87. The highest BCUT2D eigenvalue weighted by Crippen LogP contribution is 2.28. The minimum atomic E-state index is -0.638. The van der Waals surface area contributed by atoms with Crippen molar-refractivity contribution in [1.82, 2.24) is 10.3 Å². The molecule has 3 unspecified atom stereocenters. The molecule has 18 heavy (non-hydrogen) atoms. The first-order chi connectivity index (χ1) is 8.43. The quantitative estimate of drug-likeness (QED) is 0.858. The van der Waals surface area contributed by atoms with Gasteiger partial charge in [0, 0.05) is 17.1 Å². The summed E-state index contributed by atoms with van der Waals surface area (Å²) in [6.07, 6.45) is 0. The average molecular weight is 269 g/mol. The molecular formula is C12H19N3O2S. The van der Waals surface area contributed by atoms with E-state index in [2.05, 4.69) is 10.3 Å². The van der Waals surface area contributed by atoms with Crippen LogP contribution in [0.4, 0.5) is 0 Å². The molecule has 2 rings (SSSR count). The molecule has 1 aliphatic heterocycles. The molecule has 0 radical (unpaired) electrons. The third kappa shape index (κ3) is 2.41. The summed E-state index contributed by atoms with van der Waals surface area (Å²) in [5.41, 5.74) is 6.27. The van der Waals surface area contributed by atoms with Crippen LogP contribution in [0.2, 0.25) is 0 Å². The predicted molar refractivity (Wildman–Crippen MR) is 70.3 cm³/mol. The van der Waals surface area contributed by atoms with Crippen molar-refractivity contribution in [1.29, 1.82) is 0 Å². The topological polar surface area (TPSA) is 77.2 Å². The van der Waals surface area contributed by atoms with E-state index < -0.39 is 5.41 Å². The number of amides is 1. The summed E-state index contributed by atoms with van der Waals surface area (Å²) >= 11 is 1.55. The largest absolute Gasteiger partial charge is 0.379 e. The van der Waals surface area contributed by atoms with E-state index in [1.807, 2.05) is 26.2 Å². The zero-order valence-electron chi connectivity index (χ0n) is 10.9. The molecule has 1 aromatic heterocycles. The molecule has 1 aromatic rings. The van der Waals surface area contributed by atoms with Crippen molar-refractivity contribution in [2.45, 2.75) is 32.9 Å². The molecule has 1 fully saturated rings. The second-order valence-electron chi connectivity index (χ2n) is 5.06. The zero-order chi connectivity index (χ0) is 13.3. The second kappa shape index (κ2) is 4.95. The molecule has 0 aromatic carbocycles. The van der Waals surface area contributed by atoms with Crippen molar-refractivity contribution in [3.8, 4) is 0 Å². The van der Waals surface area contributed by atoms with E-state index >= 15 is 0 Å². The number of nitrogens with zero attached hydrogens (tertiary/aromatic N) is 1. The molecule has 3 atom stereocenters. The van der Waals surface area contributed by atoms with Crippen molar-refractivity contribution in [3.05, 3.63) is 16.1 Å². The van der Waals surface area contributed by atoms with Gasteiger partial charge >= 0.3 is 0 Å². The van der Waals surface area contributed by atoms with E-state index in [1.54, 1.807) is 11.3 Å². The molecule has 0 bridgehead atoms. The molecule has 0 spiro atoms. The number of hydrogen-bond acceptors (Lipinski definition) is 5. The van der Waals surface area contributed by atoms with Crippen molar-refractivity contribution >= 4 is 17.2 Å². The molecule has 3 N–H and O–H groups in total. The normalized spacial score (nSPS) is 29.2. The first-order valence-electron chi connectivity index (χ1n) is 6.00. The lowest BCUT2D eigenvalue weighted by atomic mass is 9.84. The molecule has 5 nitrogen and oxygen atoms in total. The van der Waals surface area contributed by atoms with Gasteiger partial charge in [0.15, 0.2) is 0 Å². The fourth-order valence-electron chi connectivity index (χ4n) is 1.92. The van der Waals surface area contributed by atoms with Crippen LogP contribution in [0.1, 0.15) is 30.6 Å². The number of carbonyl (C=O) groups is 1. The Labute approximate surface area is 111 Å². The standard InChI is InChI=1S/C12H19N3O2S/c1-7-5-18-10(14-7)8(2)15-11(16)12(3)6-17-4-9(12)13/h5,8-9H,4,6,13H2,1-3H3,(H,15,16). The maximum atomic E-state index is 12.3. The van der Waals surface area contributed by atoms with E-state index in [1.165, 1.54) is 0 Å². The molecule has 1 amide bonds. The number of aryl methyl sites for hydroxylation is 1. The molecule has 1 aliphatic rings. The summed E-state index contributed by atoms with van der Waals surface area (Å²) in [6, 6.07) is -0.344. The minimum Gasteiger partial charge on any atom is -0.379 e. The Kier molecular flexibility index (Phi) is 3.70. The number of ether oxygens (including phenoxy) is 1. The van der Waals surface area contributed by atoms with Crippen LogP contribution in [0, 0.1) is 12.3 Å². The van der Waals surface area contributed by atoms with Crippen molar-refractivity contribution in [2.75, 3.05) is 13.2 Å². The lowest BCUT2D eigenvalue weighted by molar-refractivity contribution is -0.131. The lowest BCUT2D eigenvalue weighted by Crippen LogP contribution is -2.50. The number of nitrogens with two attached hydrogens (primary N) is 1. The van der Waals surface area contributed by atoms with Crippen LogP contribution in [-0.4, -0.2) is 30.1 Å². The van der Waals surface area contributed by atoms with Gasteiger partial charge in [0.1, 0.15) is 5.01 Å². The molecule has 6 heteroatoms. The van der Waals surface area contributed by atoms with Crippen molar-refractivity contribution in [2.24, 2.45) is 11.1 Å². The third-order valence-corrected chi connectivity index (χ3v) is 4.54. The highest BCUT2D eigenvalue weighted by molar-refractivity contribution is 7.09. The highest BCUT2D eigenvalue weighted by atomic mass is 32.1. The number of carbonyl (C=O) groups excluding carboxylic acids is 1. The summed E-state index contributed by atoms with van der Waals surface area (Å²) in [7, 11) is 0. The van der Waals surface area contributed by atoms with E-state index in [0.717, 1.165) is 10.7 Å². The summed E-state index contributed by atoms with van der Waals surface area (Å²) < 4.78 is 5.29. The monoisotopic (exact) mass is 269 g/mol. The Hall–Kier alpha value is -0.980. The molecular weight excluding hydrogens is 250 g/mol. The minimum absolute atomic E-state index is 0.0622. The Morgan fingerprint density at radius 3 is 3.00 bits per heavy atom. The van der Waals surface area contributed by atoms with Gasteiger partial charge in [-0.25, -0.2) is 4.98 Å². The Morgan fingerprint density at radius 1 is 1.78 bits per heavy atom. The Bertz CT molecular complexity index is 448. The third-order valence-electron chi connectivity index (χ3n) is 3.39. The first-order valence-corrected chi connectivity index (χ1v) is 6.88. The van der Waals surface area contributed by atoms with Crippen LogP contribution in [0.5, 0.6) is 0 Å². The van der Waals surface area contributed by atoms with E-state index in [9.17, 15) is 4.79 Å². The molecule has 100 valence electrons. The van der Waals surface area contributed by atoms with Crippen LogP contribution in [0.3, 0.4) is 0 Å². The summed E-state index contributed by atoms with van der Waals surface area (Å²) in [4.78, 5) is 16.6. The summed E-state index contributed by atoms with van der Waals surface area (Å²) in [5, 5.41) is 5.86. The maximum Gasteiger partial charge on any atom is 0.230 e. The number of nitrogens with one attached hydrogen (secondary N) is 1. The highest BCUT2D eigenvalue weighted by Gasteiger charge is 2.44.